The Bertz CT molecular complexity index is 1850. The quantitative estimate of drug-likeness (QED) is 0.285. The highest BCUT2D eigenvalue weighted by Crippen LogP contribution is 2.30. The number of amides is 1. The van der Waals surface area contributed by atoms with E-state index >= 15 is 0 Å². The van der Waals surface area contributed by atoms with E-state index in [4.69, 9.17) is 5.10 Å². The summed E-state index contributed by atoms with van der Waals surface area (Å²) in [7, 11) is 0. The zero-order chi connectivity index (χ0) is 27.1. The number of aromatic nitrogens is 5. The lowest BCUT2D eigenvalue weighted by Crippen LogP contribution is -2.20. The molecule has 3 aromatic heterocycles. The molecular formula is C31H27FN6O. The number of pyridine rings is 1. The Morgan fingerprint density at radius 2 is 1.62 bits per heavy atom. The van der Waals surface area contributed by atoms with Crippen LogP contribution in [0.2, 0.25) is 0 Å². The summed E-state index contributed by atoms with van der Waals surface area (Å²) in [6, 6.07) is 22.8. The Morgan fingerprint density at radius 3 is 2.44 bits per heavy atom. The summed E-state index contributed by atoms with van der Waals surface area (Å²) in [4.78, 5) is 17.7. The molecule has 0 unspecified atom stereocenters. The molecule has 0 fully saturated rings. The fraction of sp³-hybridized carbons (Fsp3) is 0.161. The molecule has 7 nitrogen and oxygen atoms in total. The van der Waals surface area contributed by atoms with Crippen molar-refractivity contribution in [3.05, 3.63) is 107 Å². The van der Waals surface area contributed by atoms with Gasteiger partial charge in [0.2, 0.25) is 5.91 Å². The summed E-state index contributed by atoms with van der Waals surface area (Å²) < 4.78 is 17.0. The van der Waals surface area contributed by atoms with Gasteiger partial charge >= 0.3 is 0 Å². The van der Waals surface area contributed by atoms with E-state index in [1.165, 1.54) is 22.9 Å². The van der Waals surface area contributed by atoms with Gasteiger partial charge in [0.1, 0.15) is 12.4 Å². The lowest BCUT2D eigenvalue weighted by atomic mass is 10.0. The number of carbonyl (C=O) groups excluding carboxylic acids is 1. The van der Waals surface area contributed by atoms with Crippen LogP contribution >= 0.6 is 0 Å². The van der Waals surface area contributed by atoms with Gasteiger partial charge in [-0.1, -0.05) is 54.6 Å². The summed E-state index contributed by atoms with van der Waals surface area (Å²) in [6.07, 6.45) is 1.68. The van der Waals surface area contributed by atoms with Gasteiger partial charge in [0.25, 0.3) is 0 Å². The lowest BCUT2D eigenvalue weighted by molar-refractivity contribution is -0.116. The number of hydrogen-bond donors (Lipinski definition) is 1. The normalized spacial score (nSPS) is 11.4. The molecule has 39 heavy (non-hydrogen) atoms. The molecule has 0 aliphatic carbocycles. The minimum absolute atomic E-state index is 0.00239. The van der Waals surface area contributed by atoms with Crippen molar-refractivity contribution >= 4 is 33.4 Å². The molecular weight excluding hydrogens is 491 g/mol. The number of fused-ring (bicyclic) bond motifs is 2. The van der Waals surface area contributed by atoms with Gasteiger partial charge in [0.15, 0.2) is 5.65 Å². The number of nitrogens with zero attached hydrogens (tertiary/aromatic N) is 5. The lowest BCUT2D eigenvalue weighted by Gasteiger charge is -2.10. The highest BCUT2D eigenvalue weighted by atomic mass is 19.1. The fourth-order valence-electron chi connectivity index (χ4n) is 5.20. The van der Waals surface area contributed by atoms with E-state index < -0.39 is 0 Å². The monoisotopic (exact) mass is 518 g/mol. The van der Waals surface area contributed by atoms with E-state index in [1.54, 1.807) is 23.0 Å². The molecule has 0 aliphatic rings. The van der Waals surface area contributed by atoms with Crippen LogP contribution in [0.5, 0.6) is 0 Å². The number of anilines is 1. The molecule has 0 aliphatic heterocycles. The van der Waals surface area contributed by atoms with Gasteiger partial charge < -0.3 is 5.32 Å². The van der Waals surface area contributed by atoms with Gasteiger partial charge in [-0.2, -0.15) is 10.2 Å². The SMILES string of the molecule is Cc1nn(Cc2cccc3ccccc23)c(C)c1NC(=O)Cn1nc(C)c2c(-c3ccc(F)cc3)ccnc21. The van der Waals surface area contributed by atoms with Crippen molar-refractivity contribution in [1.29, 1.82) is 0 Å². The number of nitrogens with one attached hydrogen (secondary N) is 1. The third-order valence-corrected chi connectivity index (χ3v) is 7.10. The third kappa shape index (κ3) is 4.54. The van der Waals surface area contributed by atoms with Crippen molar-refractivity contribution in [3.8, 4) is 11.1 Å². The topological polar surface area (TPSA) is 77.6 Å². The first kappa shape index (κ1) is 24.5. The van der Waals surface area contributed by atoms with Crippen LogP contribution in [-0.2, 0) is 17.9 Å². The Hall–Kier alpha value is -4.85. The summed E-state index contributed by atoms with van der Waals surface area (Å²) in [6.45, 7) is 6.34. The molecule has 0 saturated carbocycles. The van der Waals surface area contributed by atoms with Gasteiger partial charge in [-0.05, 0) is 66.4 Å². The predicted molar refractivity (Wildman–Crippen MR) is 151 cm³/mol. The largest absolute Gasteiger partial charge is 0.321 e. The van der Waals surface area contributed by atoms with Crippen LogP contribution in [-0.4, -0.2) is 30.5 Å². The van der Waals surface area contributed by atoms with Gasteiger partial charge in [0, 0.05) is 11.6 Å². The van der Waals surface area contributed by atoms with Crippen LogP contribution in [0.15, 0.2) is 79.0 Å². The van der Waals surface area contributed by atoms with Crippen LogP contribution in [0, 0.1) is 26.6 Å². The number of carbonyl (C=O) groups is 1. The van der Waals surface area contributed by atoms with E-state index in [0.717, 1.165) is 39.2 Å². The molecule has 1 amide bonds. The van der Waals surface area contributed by atoms with E-state index in [1.807, 2.05) is 43.7 Å². The first-order valence-electron chi connectivity index (χ1n) is 12.8. The highest BCUT2D eigenvalue weighted by Gasteiger charge is 2.19. The second-order valence-electron chi connectivity index (χ2n) is 9.70. The number of benzene rings is 3. The van der Waals surface area contributed by atoms with Crippen molar-refractivity contribution in [2.75, 3.05) is 5.32 Å². The molecule has 6 rings (SSSR count). The molecule has 0 spiro atoms. The van der Waals surface area contributed by atoms with Crippen LogP contribution in [0.4, 0.5) is 10.1 Å². The zero-order valence-corrected chi connectivity index (χ0v) is 21.9. The smallest absolute Gasteiger partial charge is 0.246 e. The number of aryl methyl sites for hydroxylation is 2. The molecule has 0 saturated heterocycles. The van der Waals surface area contributed by atoms with Crippen molar-refractivity contribution in [2.45, 2.75) is 33.9 Å². The Morgan fingerprint density at radius 1 is 0.872 bits per heavy atom. The third-order valence-electron chi connectivity index (χ3n) is 7.10. The Labute approximate surface area is 224 Å². The maximum absolute atomic E-state index is 13.5. The average molecular weight is 519 g/mol. The van der Waals surface area contributed by atoms with Gasteiger partial charge in [-0.25, -0.2) is 14.1 Å². The van der Waals surface area contributed by atoms with Crippen molar-refractivity contribution < 1.29 is 9.18 Å². The summed E-state index contributed by atoms with van der Waals surface area (Å²) in [5.41, 5.74) is 6.61. The van der Waals surface area contributed by atoms with Crippen LogP contribution < -0.4 is 5.32 Å². The molecule has 8 heteroatoms. The number of rotatable bonds is 6. The minimum atomic E-state index is -0.292. The summed E-state index contributed by atoms with van der Waals surface area (Å²) in [5, 5.41) is 15.6. The molecule has 0 radical (unpaired) electrons. The number of halogens is 1. The first-order valence-corrected chi connectivity index (χ1v) is 12.8. The molecule has 194 valence electrons. The van der Waals surface area contributed by atoms with Crippen molar-refractivity contribution in [3.63, 3.8) is 0 Å². The molecule has 3 heterocycles. The maximum Gasteiger partial charge on any atom is 0.246 e. The Kier molecular flexibility index (Phi) is 6.15. The van der Waals surface area contributed by atoms with Crippen LogP contribution in [0.1, 0.15) is 22.6 Å². The highest BCUT2D eigenvalue weighted by molar-refractivity contribution is 5.96. The standard InChI is InChI=1S/C31H27FN6O/c1-19-29-27(23-11-13-25(32)14-12-23)15-16-33-31(29)38(35-19)18-28(39)34-30-20(2)36-37(21(30)3)17-24-9-6-8-22-7-4-5-10-26(22)24/h4-16H,17-18H2,1-3H3,(H,34,39). The number of hydrogen-bond acceptors (Lipinski definition) is 4. The molecule has 3 aromatic carbocycles. The molecule has 1 N–H and O–H groups in total. The molecule has 0 bridgehead atoms. The van der Waals surface area contributed by atoms with Gasteiger partial charge in [-0.3, -0.25) is 9.48 Å². The van der Waals surface area contributed by atoms with E-state index in [0.29, 0.717) is 17.9 Å². The predicted octanol–water partition coefficient (Wildman–Crippen LogP) is 6.20. The second kappa shape index (κ2) is 9.79. The van der Waals surface area contributed by atoms with Gasteiger partial charge in [0.05, 0.1) is 29.3 Å². The minimum Gasteiger partial charge on any atom is -0.321 e. The van der Waals surface area contributed by atoms with Crippen LogP contribution in [0.3, 0.4) is 0 Å². The van der Waals surface area contributed by atoms with E-state index in [2.05, 4.69) is 45.7 Å². The Balaban J connectivity index is 1.25. The fourth-order valence-corrected chi connectivity index (χ4v) is 5.20. The zero-order valence-electron chi connectivity index (χ0n) is 21.9. The average Bonchev–Trinajstić information content (AvgIpc) is 3.39. The second-order valence-corrected chi connectivity index (χ2v) is 9.70. The van der Waals surface area contributed by atoms with Gasteiger partial charge in [-0.15, -0.1) is 0 Å². The molecule has 0 atom stereocenters. The van der Waals surface area contributed by atoms with Crippen LogP contribution in [0.25, 0.3) is 32.9 Å². The first-order chi connectivity index (χ1) is 18.9. The van der Waals surface area contributed by atoms with E-state index in [-0.39, 0.29) is 18.3 Å². The van der Waals surface area contributed by atoms with Crippen molar-refractivity contribution in [1.82, 2.24) is 24.5 Å². The summed E-state index contributed by atoms with van der Waals surface area (Å²) in [5.74, 6) is -0.511. The molecule has 6 aromatic rings. The van der Waals surface area contributed by atoms with E-state index in [9.17, 15) is 9.18 Å². The van der Waals surface area contributed by atoms with Crippen molar-refractivity contribution in [2.24, 2.45) is 0 Å². The maximum atomic E-state index is 13.5. The summed E-state index contributed by atoms with van der Waals surface area (Å²) >= 11 is 0.